The fourth-order valence-corrected chi connectivity index (χ4v) is 4.03. The first-order valence-electron chi connectivity index (χ1n) is 11.8. The number of hydrogen-bond acceptors (Lipinski definition) is 3. The Bertz CT molecular complexity index is 1010. The van der Waals surface area contributed by atoms with Gasteiger partial charge in [-0.25, -0.2) is 4.39 Å². The maximum Gasteiger partial charge on any atom is 0.119 e. The summed E-state index contributed by atoms with van der Waals surface area (Å²) in [4.78, 5) is 4.82. The van der Waals surface area contributed by atoms with Gasteiger partial charge in [0.05, 0.1) is 0 Å². The van der Waals surface area contributed by atoms with Crippen LogP contribution in [0.15, 0.2) is 90.8 Å². The molecule has 0 atom stereocenters. The Morgan fingerprint density at radius 1 is 0.818 bits per heavy atom. The van der Waals surface area contributed by atoms with Crippen LogP contribution in [0, 0.1) is 0 Å². The Morgan fingerprint density at radius 2 is 1.45 bits per heavy atom. The summed E-state index contributed by atoms with van der Waals surface area (Å²) in [6.45, 7) is 6.16. The number of rotatable bonds is 9. The maximum absolute atomic E-state index is 14.3. The number of ether oxygens (including phenoxy) is 1. The minimum Gasteiger partial charge on any atom is -0.492 e. The number of nitrogens with zero attached hydrogens (tertiary/aromatic N) is 2. The van der Waals surface area contributed by atoms with Crippen LogP contribution in [0.25, 0.3) is 11.1 Å². The second kappa shape index (κ2) is 11.8. The summed E-state index contributed by atoms with van der Waals surface area (Å²) >= 11 is 0. The van der Waals surface area contributed by atoms with Crippen molar-refractivity contribution in [2.45, 2.75) is 12.8 Å². The largest absolute Gasteiger partial charge is 0.492 e. The molecule has 0 N–H and O–H groups in total. The fraction of sp³-hybridized carbons (Fsp3) is 0.310. The second-order valence-electron chi connectivity index (χ2n) is 8.73. The van der Waals surface area contributed by atoms with Gasteiger partial charge in [0.2, 0.25) is 0 Å². The number of hydrogen-bond donors (Lipinski definition) is 0. The molecule has 0 radical (unpaired) electrons. The lowest BCUT2D eigenvalue weighted by Gasteiger charge is -2.32. The highest BCUT2D eigenvalue weighted by Gasteiger charge is 2.13. The van der Waals surface area contributed by atoms with E-state index in [1.54, 1.807) is 6.08 Å². The zero-order chi connectivity index (χ0) is 22.9. The van der Waals surface area contributed by atoms with E-state index in [2.05, 4.69) is 41.1 Å². The van der Waals surface area contributed by atoms with E-state index in [9.17, 15) is 4.39 Å². The van der Waals surface area contributed by atoms with Crippen LogP contribution in [0.3, 0.4) is 0 Å². The van der Waals surface area contributed by atoms with E-state index in [1.165, 1.54) is 0 Å². The highest BCUT2D eigenvalue weighted by Crippen LogP contribution is 2.24. The average molecular weight is 445 g/mol. The van der Waals surface area contributed by atoms with Crippen molar-refractivity contribution in [2.75, 3.05) is 46.4 Å². The van der Waals surface area contributed by atoms with Gasteiger partial charge in [0.25, 0.3) is 0 Å². The normalized spacial score (nSPS) is 15.5. The SMILES string of the molecule is CN1CCN(CCOc2ccc(-c3ccc(C/C(F)=C/Cc4ccccc4)cc3)cc2)CC1. The molecule has 33 heavy (non-hydrogen) atoms. The smallest absolute Gasteiger partial charge is 0.119 e. The van der Waals surface area contributed by atoms with Gasteiger partial charge in [-0.2, -0.15) is 0 Å². The summed E-state index contributed by atoms with van der Waals surface area (Å²) < 4.78 is 20.3. The molecule has 1 heterocycles. The number of allylic oxidation sites excluding steroid dienone is 2. The summed E-state index contributed by atoms with van der Waals surface area (Å²) in [5.74, 6) is 0.805. The molecule has 4 rings (SSSR count). The van der Waals surface area contributed by atoms with E-state index in [4.69, 9.17) is 4.74 Å². The van der Waals surface area contributed by atoms with E-state index in [0.717, 1.165) is 60.7 Å². The third-order valence-corrected chi connectivity index (χ3v) is 6.19. The van der Waals surface area contributed by atoms with Gasteiger partial charge in [0.15, 0.2) is 0 Å². The predicted octanol–water partition coefficient (Wildman–Crippen LogP) is 5.62. The standard InChI is InChI=1S/C29H33FN2O/c1-31-17-19-32(20-18-31)21-22-33-29-15-12-27(13-16-29)26-10-7-25(8-11-26)23-28(30)14-9-24-5-3-2-4-6-24/h2-8,10-16H,9,17-23H2,1H3/b28-14-. The topological polar surface area (TPSA) is 15.7 Å². The van der Waals surface area contributed by atoms with Crippen LogP contribution in [0.5, 0.6) is 5.75 Å². The highest BCUT2D eigenvalue weighted by atomic mass is 19.1. The molecule has 172 valence electrons. The molecule has 1 fully saturated rings. The molecular formula is C29H33FN2O. The molecule has 0 unspecified atom stereocenters. The fourth-order valence-electron chi connectivity index (χ4n) is 4.03. The number of halogens is 1. The lowest BCUT2D eigenvalue weighted by molar-refractivity contribution is 0.134. The molecule has 4 heteroatoms. The molecule has 1 saturated heterocycles. The zero-order valence-corrected chi connectivity index (χ0v) is 19.4. The third kappa shape index (κ3) is 7.28. The van der Waals surface area contributed by atoms with Crippen molar-refractivity contribution in [3.63, 3.8) is 0 Å². The molecule has 1 aliphatic rings. The number of likely N-dealkylation sites (N-methyl/N-ethyl adjacent to an activating group) is 1. The van der Waals surface area contributed by atoms with E-state index >= 15 is 0 Å². The zero-order valence-electron chi connectivity index (χ0n) is 19.4. The molecule has 0 aliphatic carbocycles. The third-order valence-electron chi connectivity index (χ3n) is 6.19. The van der Waals surface area contributed by atoms with Crippen LogP contribution in [-0.4, -0.2) is 56.2 Å². The summed E-state index contributed by atoms with van der Waals surface area (Å²) in [5.41, 5.74) is 4.35. The van der Waals surface area contributed by atoms with Gasteiger partial charge in [0.1, 0.15) is 18.2 Å². The van der Waals surface area contributed by atoms with Crippen LogP contribution < -0.4 is 4.74 Å². The highest BCUT2D eigenvalue weighted by molar-refractivity contribution is 5.64. The van der Waals surface area contributed by atoms with Crippen molar-refractivity contribution in [1.29, 1.82) is 0 Å². The van der Waals surface area contributed by atoms with Gasteiger partial charge < -0.3 is 9.64 Å². The monoisotopic (exact) mass is 444 g/mol. The summed E-state index contributed by atoms with van der Waals surface area (Å²) in [5, 5.41) is 0. The van der Waals surface area contributed by atoms with Crippen LogP contribution in [0.4, 0.5) is 4.39 Å². The first-order chi connectivity index (χ1) is 16.2. The first kappa shape index (κ1) is 23.2. The number of piperazine rings is 1. The summed E-state index contributed by atoms with van der Waals surface area (Å²) in [7, 11) is 2.17. The van der Waals surface area contributed by atoms with E-state index < -0.39 is 0 Å². The molecule has 3 aromatic carbocycles. The van der Waals surface area contributed by atoms with Crippen molar-refractivity contribution in [3.8, 4) is 16.9 Å². The molecule has 1 aliphatic heterocycles. The van der Waals surface area contributed by atoms with Crippen molar-refractivity contribution in [1.82, 2.24) is 9.80 Å². The van der Waals surface area contributed by atoms with Crippen LogP contribution in [-0.2, 0) is 12.8 Å². The average Bonchev–Trinajstić information content (AvgIpc) is 2.86. The molecule has 0 bridgehead atoms. The van der Waals surface area contributed by atoms with Gasteiger partial charge in [-0.3, -0.25) is 4.90 Å². The van der Waals surface area contributed by atoms with Crippen molar-refractivity contribution < 1.29 is 9.13 Å². The quantitative estimate of drug-likeness (QED) is 0.426. The number of benzene rings is 3. The summed E-state index contributed by atoms with van der Waals surface area (Å²) in [6, 6.07) is 26.3. The lowest BCUT2D eigenvalue weighted by Crippen LogP contribution is -2.45. The Kier molecular flexibility index (Phi) is 8.29. The minimum atomic E-state index is -0.0929. The van der Waals surface area contributed by atoms with Crippen LogP contribution in [0.2, 0.25) is 0 Å². The van der Waals surface area contributed by atoms with Gasteiger partial charge in [-0.05, 0) is 53.9 Å². The molecule has 0 amide bonds. The Balaban J connectivity index is 1.25. The Hall–Kier alpha value is -2.95. The van der Waals surface area contributed by atoms with E-state index in [-0.39, 0.29) is 5.83 Å². The molecule has 0 aromatic heterocycles. The first-order valence-corrected chi connectivity index (χ1v) is 11.8. The predicted molar refractivity (Wildman–Crippen MR) is 134 cm³/mol. The Morgan fingerprint density at radius 3 is 2.12 bits per heavy atom. The molecular weight excluding hydrogens is 411 g/mol. The summed E-state index contributed by atoms with van der Waals surface area (Å²) in [6.07, 6.45) is 2.62. The maximum atomic E-state index is 14.3. The van der Waals surface area contributed by atoms with Gasteiger partial charge in [-0.1, -0.05) is 66.7 Å². The van der Waals surface area contributed by atoms with Crippen molar-refractivity contribution in [2.24, 2.45) is 0 Å². The van der Waals surface area contributed by atoms with Gasteiger partial charge in [-0.15, -0.1) is 0 Å². The second-order valence-corrected chi connectivity index (χ2v) is 8.73. The molecule has 3 aromatic rings. The molecule has 0 spiro atoms. The Labute approximate surface area is 197 Å². The molecule has 0 saturated carbocycles. The van der Waals surface area contributed by atoms with Crippen molar-refractivity contribution in [3.05, 3.63) is 102 Å². The van der Waals surface area contributed by atoms with Gasteiger partial charge >= 0.3 is 0 Å². The molecule has 3 nitrogen and oxygen atoms in total. The van der Waals surface area contributed by atoms with Gasteiger partial charge in [0, 0.05) is 39.1 Å². The lowest BCUT2D eigenvalue weighted by atomic mass is 10.0. The van der Waals surface area contributed by atoms with Crippen molar-refractivity contribution >= 4 is 0 Å². The van der Waals surface area contributed by atoms with Crippen LogP contribution >= 0.6 is 0 Å². The van der Waals surface area contributed by atoms with Crippen LogP contribution in [0.1, 0.15) is 11.1 Å². The van der Waals surface area contributed by atoms with E-state index in [0.29, 0.717) is 19.4 Å². The van der Waals surface area contributed by atoms with E-state index in [1.807, 2.05) is 54.6 Å². The minimum absolute atomic E-state index is 0.0929.